The molecule has 0 aliphatic heterocycles. The van der Waals surface area contributed by atoms with Crippen LogP contribution in [0.4, 0.5) is 0 Å². The summed E-state index contributed by atoms with van der Waals surface area (Å²) in [5, 5.41) is 3.40. The summed E-state index contributed by atoms with van der Waals surface area (Å²) in [4.78, 5) is 0. The SMILES string of the molecule is CO[SiH-](CCCNCCC[SiH-](OC)(OC)OC)(OC)OC. The van der Waals surface area contributed by atoms with Crippen molar-refractivity contribution in [1.82, 2.24) is 5.32 Å². The average molecular weight is 344 g/mol. The molecule has 0 aliphatic rings. The van der Waals surface area contributed by atoms with Crippen LogP contribution in [0.2, 0.25) is 12.1 Å². The molecule has 9 heteroatoms. The van der Waals surface area contributed by atoms with E-state index in [4.69, 9.17) is 26.6 Å². The molecule has 0 saturated carbocycles. The number of rotatable bonds is 14. The molecule has 0 bridgehead atoms. The van der Waals surface area contributed by atoms with Crippen molar-refractivity contribution < 1.29 is 26.6 Å². The third-order valence-corrected chi connectivity index (χ3v) is 10.5. The third-order valence-electron chi connectivity index (χ3n) is 3.98. The van der Waals surface area contributed by atoms with Crippen molar-refractivity contribution >= 4 is 17.6 Å². The molecule has 1 N–H and O–H groups in total. The minimum absolute atomic E-state index is 0.831. The summed E-state index contributed by atoms with van der Waals surface area (Å²) < 4.78 is 32.4. The van der Waals surface area contributed by atoms with Crippen molar-refractivity contribution in [3.8, 4) is 0 Å². The first-order valence-electron chi connectivity index (χ1n) is 7.39. The van der Waals surface area contributed by atoms with E-state index in [0.29, 0.717) is 0 Å². The summed E-state index contributed by atoms with van der Waals surface area (Å²) in [6.45, 7) is 1.81. The third kappa shape index (κ3) is 7.30. The molecule has 7 nitrogen and oxygen atoms in total. The first-order chi connectivity index (χ1) is 10.1. The Morgan fingerprint density at radius 2 is 0.857 bits per heavy atom. The van der Waals surface area contributed by atoms with Crippen molar-refractivity contribution in [3.05, 3.63) is 0 Å². The quantitative estimate of drug-likeness (QED) is 0.365. The second-order valence-electron chi connectivity index (χ2n) is 5.03. The van der Waals surface area contributed by atoms with Crippen LogP contribution in [0.3, 0.4) is 0 Å². The van der Waals surface area contributed by atoms with Gasteiger partial charge in [-0.2, -0.15) is 0 Å². The Hall–Kier alpha value is 0.154. The molecule has 0 aromatic carbocycles. The molecule has 0 aliphatic carbocycles. The molecule has 0 rings (SSSR count). The zero-order valence-corrected chi connectivity index (χ0v) is 16.7. The normalized spacial score (nSPS) is 14.4. The Labute approximate surface area is 130 Å². The van der Waals surface area contributed by atoms with Gasteiger partial charge >= 0.3 is 130 Å². The van der Waals surface area contributed by atoms with Gasteiger partial charge < -0.3 is 0 Å². The van der Waals surface area contributed by atoms with Crippen LogP contribution in [0.25, 0.3) is 0 Å². The summed E-state index contributed by atoms with van der Waals surface area (Å²) >= 11 is 0. The first-order valence-corrected chi connectivity index (χ1v) is 11.8. The van der Waals surface area contributed by atoms with Gasteiger partial charge in [-0.05, 0) is 0 Å². The van der Waals surface area contributed by atoms with Crippen molar-refractivity contribution in [2.24, 2.45) is 0 Å². The average Bonchev–Trinajstić information content (AvgIpc) is 2.55. The minimum atomic E-state index is -2.72. The standard InChI is InChI=1S/C12H33NO6Si2/c1-14-20(15-2,16-3)11-7-9-13-10-8-12-21(17-4,18-5)19-6/h13,20-21H,7-12H2,1-6H3/q-2. The van der Waals surface area contributed by atoms with E-state index >= 15 is 0 Å². The van der Waals surface area contributed by atoms with Crippen LogP contribution in [0.5, 0.6) is 0 Å². The summed E-state index contributed by atoms with van der Waals surface area (Å²) in [5.74, 6) is 0. The van der Waals surface area contributed by atoms with E-state index < -0.39 is 17.6 Å². The molecule has 0 aromatic heterocycles. The number of nitrogens with one attached hydrogen (secondary N) is 1. The molecule has 0 aromatic rings. The molecule has 21 heavy (non-hydrogen) atoms. The summed E-state index contributed by atoms with van der Waals surface area (Å²) in [5.41, 5.74) is 0. The van der Waals surface area contributed by atoms with Gasteiger partial charge in [-0.3, -0.25) is 0 Å². The molecule has 0 fully saturated rings. The summed E-state index contributed by atoms with van der Waals surface area (Å²) in [7, 11) is 4.45. The summed E-state index contributed by atoms with van der Waals surface area (Å²) in [6.07, 6.45) is 1.92. The van der Waals surface area contributed by atoms with Gasteiger partial charge in [-0.25, -0.2) is 0 Å². The van der Waals surface area contributed by atoms with Crippen LogP contribution < -0.4 is 5.32 Å². The monoisotopic (exact) mass is 343 g/mol. The van der Waals surface area contributed by atoms with E-state index in [0.717, 1.165) is 38.0 Å². The van der Waals surface area contributed by atoms with Crippen molar-refractivity contribution in [2.45, 2.75) is 24.9 Å². The Balaban J connectivity index is 3.78. The Morgan fingerprint density at radius 3 is 1.10 bits per heavy atom. The van der Waals surface area contributed by atoms with Crippen molar-refractivity contribution in [1.29, 1.82) is 0 Å². The van der Waals surface area contributed by atoms with Crippen LogP contribution in [-0.2, 0) is 26.6 Å². The van der Waals surface area contributed by atoms with Gasteiger partial charge in [0.2, 0.25) is 0 Å². The predicted molar refractivity (Wildman–Crippen MR) is 88.1 cm³/mol. The maximum atomic E-state index is 5.40. The molecule has 0 radical (unpaired) electrons. The van der Waals surface area contributed by atoms with E-state index in [2.05, 4.69) is 5.32 Å². The van der Waals surface area contributed by atoms with Gasteiger partial charge in [0.15, 0.2) is 0 Å². The van der Waals surface area contributed by atoms with Crippen LogP contribution >= 0.6 is 0 Å². The summed E-state index contributed by atoms with van der Waals surface area (Å²) in [6, 6.07) is 1.66. The van der Waals surface area contributed by atoms with Gasteiger partial charge in [-0.1, -0.05) is 0 Å². The second-order valence-corrected chi connectivity index (χ2v) is 12.2. The molecule has 0 atom stereocenters. The second kappa shape index (κ2) is 11.7. The number of hydrogen-bond acceptors (Lipinski definition) is 7. The zero-order valence-electron chi connectivity index (χ0n) is 14.3. The first kappa shape index (κ1) is 21.2. The molecule has 0 spiro atoms. The molecular weight excluding hydrogens is 310 g/mol. The molecule has 0 heterocycles. The zero-order chi connectivity index (χ0) is 16.2. The van der Waals surface area contributed by atoms with E-state index in [9.17, 15) is 0 Å². The Bertz CT molecular complexity index is 211. The van der Waals surface area contributed by atoms with E-state index in [1.54, 1.807) is 42.7 Å². The van der Waals surface area contributed by atoms with Gasteiger partial charge in [-0.15, -0.1) is 0 Å². The maximum absolute atomic E-state index is 5.40. The molecule has 0 saturated heterocycles. The Morgan fingerprint density at radius 1 is 0.571 bits per heavy atom. The van der Waals surface area contributed by atoms with Crippen LogP contribution in [0, 0.1) is 0 Å². The molecule has 0 unspecified atom stereocenters. The molecular formula is C12H33NO6Si2-2. The fraction of sp³-hybridized carbons (Fsp3) is 1.00. The topological polar surface area (TPSA) is 67.4 Å². The van der Waals surface area contributed by atoms with Crippen LogP contribution in [0.15, 0.2) is 0 Å². The van der Waals surface area contributed by atoms with Gasteiger partial charge in [0, 0.05) is 0 Å². The number of hydrogen-bond donors (Lipinski definition) is 1. The van der Waals surface area contributed by atoms with Crippen molar-refractivity contribution in [3.63, 3.8) is 0 Å². The fourth-order valence-corrected chi connectivity index (χ4v) is 6.34. The van der Waals surface area contributed by atoms with Gasteiger partial charge in [0.1, 0.15) is 0 Å². The van der Waals surface area contributed by atoms with Crippen molar-refractivity contribution in [2.75, 3.05) is 55.7 Å². The van der Waals surface area contributed by atoms with Crippen LogP contribution in [-0.4, -0.2) is 73.4 Å². The van der Waals surface area contributed by atoms with E-state index in [1.165, 1.54) is 0 Å². The molecule has 0 amide bonds. The van der Waals surface area contributed by atoms with Gasteiger partial charge in [0.05, 0.1) is 0 Å². The van der Waals surface area contributed by atoms with E-state index in [1.807, 2.05) is 0 Å². The van der Waals surface area contributed by atoms with Crippen LogP contribution in [0.1, 0.15) is 12.8 Å². The predicted octanol–water partition coefficient (Wildman–Crippen LogP) is 0.577. The Kier molecular flexibility index (Phi) is 11.8. The fourth-order valence-electron chi connectivity index (χ4n) is 2.36. The van der Waals surface area contributed by atoms with E-state index in [-0.39, 0.29) is 0 Å². The van der Waals surface area contributed by atoms with Gasteiger partial charge in [0.25, 0.3) is 0 Å². The molecule has 132 valence electrons.